The Bertz CT molecular complexity index is 992. The number of hydrogen-bond acceptors (Lipinski definition) is 3. The van der Waals surface area contributed by atoms with Crippen molar-refractivity contribution in [1.82, 2.24) is 0 Å². The summed E-state index contributed by atoms with van der Waals surface area (Å²) < 4.78 is 0. The van der Waals surface area contributed by atoms with Crippen molar-refractivity contribution in [3.8, 4) is 0 Å². The minimum absolute atomic E-state index is 0.00747. The fraction of sp³-hybridized carbons (Fsp3) is 0.788. The Morgan fingerprint density at radius 3 is 2.24 bits per heavy atom. The van der Waals surface area contributed by atoms with Crippen LogP contribution in [-0.2, 0) is 14.4 Å². The zero-order chi connectivity index (χ0) is 28.0. The van der Waals surface area contributed by atoms with Gasteiger partial charge in [-0.05, 0) is 90.8 Å². The van der Waals surface area contributed by atoms with Gasteiger partial charge in [0.25, 0.3) is 0 Å². The first-order valence-corrected chi connectivity index (χ1v) is 15.0. The number of fused-ring (bicyclic) bond motifs is 7. The molecule has 0 saturated heterocycles. The number of carbonyl (C=O) groups is 3. The molecule has 3 fully saturated rings. The third-order valence-electron chi connectivity index (χ3n) is 12.2. The van der Waals surface area contributed by atoms with Crippen LogP contribution in [0.3, 0.4) is 0 Å². The van der Waals surface area contributed by atoms with Gasteiger partial charge in [-0.15, -0.1) is 0 Å². The zero-order valence-corrected chi connectivity index (χ0v) is 25.0. The van der Waals surface area contributed by atoms with Crippen LogP contribution in [0, 0.1) is 44.8 Å². The molecule has 4 nitrogen and oxygen atoms in total. The summed E-state index contributed by atoms with van der Waals surface area (Å²) >= 11 is 0. The second-order valence-corrected chi connectivity index (χ2v) is 13.3. The number of aliphatic carboxylic acids is 1. The van der Waals surface area contributed by atoms with Crippen molar-refractivity contribution in [3.63, 3.8) is 0 Å². The van der Waals surface area contributed by atoms with Gasteiger partial charge in [-0.2, -0.15) is 0 Å². The minimum atomic E-state index is -0.601. The first-order valence-electron chi connectivity index (χ1n) is 15.0. The summed E-state index contributed by atoms with van der Waals surface area (Å²) in [6.45, 7) is 19.7. The lowest BCUT2D eigenvalue weighted by Crippen LogP contribution is -2.64. The Kier molecular flexibility index (Phi) is 8.16. The minimum Gasteiger partial charge on any atom is -0.481 e. The van der Waals surface area contributed by atoms with Gasteiger partial charge in [0.2, 0.25) is 0 Å². The molecule has 5 aliphatic rings. The predicted molar refractivity (Wildman–Crippen MR) is 150 cm³/mol. The molecule has 0 spiro atoms. The van der Waals surface area contributed by atoms with Crippen molar-refractivity contribution < 1.29 is 19.5 Å². The van der Waals surface area contributed by atoms with E-state index in [0.29, 0.717) is 23.8 Å². The monoisotopic (exact) mass is 512 g/mol. The number of carbonyl (C=O) groups excluding carboxylic acids is 2. The molecule has 3 saturated carbocycles. The SMILES string of the molecule is CC.CC.CC1CCC2(C(=O)O)CC[C@]3(C)C(=CCC4C5(C)C=C(C=O)C(=O)CC5(C)CCC43C)C2C1. The van der Waals surface area contributed by atoms with Crippen molar-refractivity contribution in [3.05, 3.63) is 23.3 Å². The molecule has 37 heavy (non-hydrogen) atoms. The fourth-order valence-electron chi connectivity index (χ4n) is 9.48. The van der Waals surface area contributed by atoms with Crippen molar-refractivity contribution in [2.45, 2.75) is 120 Å². The van der Waals surface area contributed by atoms with E-state index < -0.39 is 11.4 Å². The van der Waals surface area contributed by atoms with E-state index in [1.54, 1.807) is 0 Å². The third-order valence-corrected chi connectivity index (χ3v) is 12.2. The van der Waals surface area contributed by atoms with Gasteiger partial charge in [0, 0.05) is 6.42 Å². The number of hydrogen-bond donors (Lipinski definition) is 1. The van der Waals surface area contributed by atoms with E-state index >= 15 is 0 Å². The quantitative estimate of drug-likeness (QED) is 0.230. The second-order valence-electron chi connectivity index (χ2n) is 13.3. The highest BCUT2D eigenvalue weighted by atomic mass is 16.4. The van der Waals surface area contributed by atoms with Gasteiger partial charge in [0.05, 0.1) is 11.0 Å². The van der Waals surface area contributed by atoms with E-state index in [9.17, 15) is 19.5 Å². The zero-order valence-electron chi connectivity index (χ0n) is 25.0. The molecule has 8 atom stereocenters. The molecule has 0 aromatic heterocycles. The topological polar surface area (TPSA) is 71.4 Å². The van der Waals surface area contributed by atoms with Crippen molar-refractivity contribution in [2.24, 2.45) is 44.8 Å². The van der Waals surface area contributed by atoms with Crippen LogP contribution in [0.4, 0.5) is 0 Å². The summed E-state index contributed by atoms with van der Waals surface area (Å²) in [7, 11) is 0. The number of ketones is 1. The van der Waals surface area contributed by atoms with E-state index in [-0.39, 0.29) is 33.4 Å². The summed E-state index contributed by atoms with van der Waals surface area (Å²) in [5.74, 6) is 0.421. The Labute approximate surface area is 225 Å². The maximum Gasteiger partial charge on any atom is 0.310 e. The molecule has 4 heteroatoms. The van der Waals surface area contributed by atoms with E-state index in [4.69, 9.17) is 0 Å². The normalized spacial score (nSPS) is 46.0. The molecule has 208 valence electrons. The predicted octanol–water partition coefficient (Wildman–Crippen LogP) is 8.20. The van der Waals surface area contributed by atoms with Gasteiger partial charge < -0.3 is 5.11 Å². The van der Waals surface area contributed by atoms with E-state index in [1.165, 1.54) is 5.57 Å². The van der Waals surface area contributed by atoms with Gasteiger partial charge in [-0.25, -0.2) is 0 Å². The molecule has 1 N–H and O–H groups in total. The molecule has 5 rings (SSSR count). The Morgan fingerprint density at radius 2 is 1.65 bits per heavy atom. The number of aldehydes is 1. The molecule has 7 unspecified atom stereocenters. The Balaban J connectivity index is 0.000000907. The fourth-order valence-corrected chi connectivity index (χ4v) is 9.48. The Hall–Kier alpha value is -1.71. The van der Waals surface area contributed by atoms with Gasteiger partial charge in [-0.3, -0.25) is 14.4 Å². The largest absolute Gasteiger partial charge is 0.481 e. The van der Waals surface area contributed by atoms with Gasteiger partial charge in [0.1, 0.15) is 0 Å². The average Bonchev–Trinajstić information content (AvgIpc) is 2.88. The average molecular weight is 513 g/mol. The number of carboxylic acids is 1. The lowest BCUT2D eigenvalue weighted by molar-refractivity contribution is -0.175. The molecule has 0 aliphatic heterocycles. The molecular weight excluding hydrogens is 460 g/mol. The Morgan fingerprint density at radius 1 is 1.00 bits per heavy atom. The van der Waals surface area contributed by atoms with Crippen molar-refractivity contribution in [1.29, 1.82) is 0 Å². The summed E-state index contributed by atoms with van der Waals surface area (Å²) in [5.41, 5.74) is 0.779. The van der Waals surface area contributed by atoms with Crippen LogP contribution in [0.15, 0.2) is 23.3 Å². The highest BCUT2D eigenvalue weighted by Gasteiger charge is 2.69. The molecule has 0 amide bonds. The highest BCUT2D eigenvalue weighted by molar-refractivity contribution is 6.12. The summed E-state index contributed by atoms with van der Waals surface area (Å²) in [4.78, 5) is 37.1. The molecule has 0 aromatic rings. The highest BCUT2D eigenvalue weighted by Crippen LogP contribution is 2.75. The summed E-state index contributed by atoms with van der Waals surface area (Å²) in [6, 6.07) is 0. The van der Waals surface area contributed by atoms with Crippen LogP contribution >= 0.6 is 0 Å². The van der Waals surface area contributed by atoms with Gasteiger partial charge in [0.15, 0.2) is 12.1 Å². The molecular formula is C33H52O4. The lowest BCUT2D eigenvalue weighted by Gasteiger charge is -2.70. The molecule has 0 aromatic carbocycles. The van der Waals surface area contributed by atoms with E-state index in [2.05, 4.69) is 40.7 Å². The van der Waals surface area contributed by atoms with Gasteiger partial charge >= 0.3 is 5.97 Å². The van der Waals surface area contributed by atoms with Crippen molar-refractivity contribution in [2.75, 3.05) is 0 Å². The van der Waals surface area contributed by atoms with E-state index in [0.717, 1.165) is 57.7 Å². The van der Waals surface area contributed by atoms with Crippen molar-refractivity contribution >= 4 is 18.0 Å². The molecule has 0 radical (unpaired) electrons. The first kappa shape index (κ1) is 29.8. The van der Waals surface area contributed by atoms with Crippen LogP contribution in [0.1, 0.15) is 120 Å². The van der Waals surface area contributed by atoms with Crippen LogP contribution in [0.25, 0.3) is 0 Å². The lowest BCUT2D eigenvalue weighted by atomic mass is 9.33. The van der Waals surface area contributed by atoms with E-state index in [1.807, 2.05) is 33.8 Å². The third kappa shape index (κ3) is 3.94. The maximum atomic E-state index is 12.7. The number of allylic oxidation sites excluding steroid dienone is 4. The number of Topliss-reactive ketones (excluding diaryl/α,β-unsaturated/α-hetero) is 1. The molecule has 0 heterocycles. The summed E-state index contributed by atoms with van der Waals surface area (Å²) in [5, 5.41) is 10.4. The second kappa shape index (κ2) is 10.1. The van der Waals surface area contributed by atoms with Crippen LogP contribution in [0.5, 0.6) is 0 Å². The standard InChI is InChI=1S/C29H40O4.2C2H6/c1-18-8-9-29(24(32)33)13-12-26(3)20(21(29)14-18)6-7-23-27(26,4)11-10-25(2)16-22(31)19(17-30)15-28(23,25)5;2*1-2/h6,15,17-18,21,23H,7-14,16H2,1-5H3,(H,32,33);2*1-2H3/t18?,21?,23?,25?,26-,27?,28?,29?;;/m1../s1. The van der Waals surface area contributed by atoms with Crippen LogP contribution in [-0.4, -0.2) is 23.1 Å². The van der Waals surface area contributed by atoms with Gasteiger partial charge in [-0.1, -0.05) is 80.0 Å². The molecule has 0 bridgehead atoms. The first-order chi connectivity index (χ1) is 17.4. The number of rotatable bonds is 2. The summed E-state index contributed by atoms with van der Waals surface area (Å²) in [6.07, 6.45) is 13.1. The van der Waals surface area contributed by atoms with Crippen LogP contribution < -0.4 is 0 Å². The maximum absolute atomic E-state index is 12.7. The van der Waals surface area contributed by atoms with Crippen LogP contribution in [0.2, 0.25) is 0 Å². The smallest absolute Gasteiger partial charge is 0.310 e. The molecule has 5 aliphatic carbocycles. The number of carboxylic acid groups (broad SMARTS) is 1.